The first-order valence-corrected chi connectivity index (χ1v) is 13.2. The van der Waals surface area contributed by atoms with Gasteiger partial charge in [-0.15, -0.1) is 13.2 Å². The first kappa shape index (κ1) is 25.6. The lowest BCUT2D eigenvalue weighted by molar-refractivity contribution is -0.274. The molecule has 40 heavy (non-hydrogen) atoms. The number of alkyl halides is 3. The maximum atomic E-state index is 13.8. The molecule has 0 amide bonds. The summed E-state index contributed by atoms with van der Waals surface area (Å²) < 4.78 is 85.9. The van der Waals surface area contributed by atoms with E-state index in [2.05, 4.69) is 18.9 Å². The number of halogens is 4. The summed E-state index contributed by atoms with van der Waals surface area (Å²) in [6.07, 6.45) is -0.735. The number of hydrogen-bond acceptors (Lipinski definition) is 7. The van der Waals surface area contributed by atoms with Crippen molar-refractivity contribution in [1.82, 2.24) is 14.5 Å². The quantitative estimate of drug-likeness (QED) is 0.209. The summed E-state index contributed by atoms with van der Waals surface area (Å²) in [6, 6.07) is 10.0. The lowest BCUT2D eigenvalue weighted by atomic mass is 9.91. The van der Waals surface area contributed by atoms with Crippen LogP contribution in [0.15, 0.2) is 53.6 Å². The van der Waals surface area contributed by atoms with Gasteiger partial charge in [-0.05, 0) is 49.6 Å². The standard InChI is InChI=1S/C26H16F4N4O5S/c27-26(28,29)38-22-9-19-21(8-18(22)14-7-16(12-32-11-14)39-40(30,36)37)34(15-2-1-3-15)25-23(24(19)35)17-5-4-13(10-31)6-20(17)33-25/h4-9,11-12,15,33H,1-3H2. The minimum Gasteiger partial charge on any atom is -0.405 e. The predicted octanol–water partition coefficient (Wildman–Crippen LogP) is 5.79. The second-order valence-electron chi connectivity index (χ2n) is 9.30. The van der Waals surface area contributed by atoms with E-state index in [9.17, 15) is 35.5 Å². The van der Waals surface area contributed by atoms with Crippen LogP contribution in [-0.4, -0.2) is 29.3 Å². The largest absolute Gasteiger partial charge is 0.573 e. The molecule has 1 N–H and O–H groups in total. The molecule has 5 aromatic rings. The van der Waals surface area contributed by atoms with Crippen molar-refractivity contribution in [1.29, 1.82) is 5.26 Å². The van der Waals surface area contributed by atoms with Crippen LogP contribution < -0.4 is 14.3 Å². The van der Waals surface area contributed by atoms with Gasteiger partial charge < -0.3 is 18.5 Å². The molecule has 1 saturated carbocycles. The van der Waals surface area contributed by atoms with Crippen molar-refractivity contribution in [2.75, 3.05) is 0 Å². The van der Waals surface area contributed by atoms with Gasteiger partial charge >= 0.3 is 16.9 Å². The molecule has 0 spiro atoms. The van der Waals surface area contributed by atoms with E-state index in [4.69, 9.17) is 0 Å². The highest BCUT2D eigenvalue weighted by atomic mass is 32.3. The van der Waals surface area contributed by atoms with Crippen molar-refractivity contribution in [2.24, 2.45) is 0 Å². The molecule has 0 atom stereocenters. The Morgan fingerprint density at radius 2 is 1.88 bits per heavy atom. The van der Waals surface area contributed by atoms with Gasteiger partial charge in [-0.1, -0.05) is 9.95 Å². The number of ether oxygens (including phenoxy) is 1. The monoisotopic (exact) mass is 572 g/mol. The lowest BCUT2D eigenvalue weighted by Gasteiger charge is -2.31. The third kappa shape index (κ3) is 4.47. The van der Waals surface area contributed by atoms with E-state index in [1.54, 1.807) is 18.2 Å². The number of nitriles is 1. The fourth-order valence-electron chi connectivity index (χ4n) is 5.05. The average Bonchev–Trinajstić information content (AvgIpc) is 3.22. The van der Waals surface area contributed by atoms with E-state index in [0.717, 1.165) is 43.8 Å². The molecule has 14 heteroatoms. The minimum absolute atomic E-state index is 0.0423. The van der Waals surface area contributed by atoms with Crippen molar-refractivity contribution in [3.63, 3.8) is 0 Å². The number of H-pyrrole nitrogens is 1. The number of hydrogen-bond donors (Lipinski definition) is 1. The second kappa shape index (κ2) is 8.95. The Kier molecular flexibility index (Phi) is 5.74. The number of nitrogens with zero attached hydrogens (tertiary/aromatic N) is 3. The summed E-state index contributed by atoms with van der Waals surface area (Å²) in [5.41, 5.74) is 0.805. The molecule has 0 unspecified atom stereocenters. The summed E-state index contributed by atoms with van der Waals surface area (Å²) >= 11 is 0. The molecule has 3 aromatic heterocycles. The zero-order valence-corrected chi connectivity index (χ0v) is 20.9. The van der Waals surface area contributed by atoms with Gasteiger partial charge in [-0.2, -0.15) is 13.7 Å². The smallest absolute Gasteiger partial charge is 0.405 e. The van der Waals surface area contributed by atoms with Crippen LogP contribution in [0.3, 0.4) is 0 Å². The highest BCUT2D eigenvalue weighted by Gasteiger charge is 2.34. The van der Waals surface area contributed by atoms with Crippen LogP contribution in [0.4, 0.5) is 17.1 Å². The van der Waals surface area contributed by atoms with Crippen LogP contribution in [0.2, 0.25) is 0 Å². The van der Waals surface area contributed by atoms with Crippen LogP contribution in [0.25, 0.3) is 44.0 Å². The van der Waals surface area contributed by atoms with Crippen LogP contribution in [0, 0.1) is 11.3 Å². The Morgan fingerprint density at radius 1 is 1.10 bits per heavy atom. The van der Waals surface area contributed by atoms with Crippen LogP contribution in [0.1, 0.15) is 30.9 Å². The van der Waals surface area contributed by atoms with E-state index in [1.807, 2.05) is 10.6 Å². The number of benzene rings is 2. The first-order chi connectivity index (χ1) is 18.9. The van der Waals surface area contributed by atoms with E-state index >= 15 is 0 Å². The molecular formula is C26H16F4N4O5S. The second-order valence-corrected chi connectivity index (χ2v) is 10.3. The zero-order chi connectivity index (χ0) is 28.4. The minimum atomic E-state index is -5.43. The Hall–Kier alpha value is -4.64. The summed E-state index contributed by atoms with van der Waals surface area (Å²) in [5, 5.41) is 10.0. The maximum Gasteiger partial charge on any atom is 0.573 e. The van der Waals surface area contributed by atoms with Crippen LogP contribution in [-0.2, 0) is 10.5 Å². The van der Waals surface area contributed by atoms with Crippen molar-refractivity contribution >= 4 is 43.3 Å². The number of fused-ring (bicyclic) bond motifs is 4. The topological polar surface area (TPSA) is 127 Å². The zero-order valence-electron chi connectivity index (χ0n) is 20.1. The van der Waals surface area contributed by atoms with Crippen LogP contribution in [0.5, 0.6) is 11.5 Å². The molecular weight excluding hydrogens is 556 g/mol. The van der Waals surface area contributed by atoms with Gasteiger partial charge in [0, 0.05) is 34.3 Å². The number of rotatable bonds is 5. The molecule has 6 rings (SSSR count). The van der Waals surface area contributed by atoms with Crippen molar-refractivity contribution < 1.29 is 34.4 Å². The maximum absolute atomic E-state index is 13.8. The molecule has 0 aliphatic heterocycles. The number of aromatic amines is 1. The number of pyridine rings is 2. The van der Waals surface area contributed by atoms with Gasteiger partial charge in [0.1, 0.15) is 11.4 Å². The molecule has 2 aromatic carbocycles. The van der Waals surface area contributed by atoms with Gasteiger partial charge in [0.2, 0.25) is 0 Å². The molecule has 1 aliphatic carbocycles. The van der Waals surface area contributed by atoms with Crippen molar-refractivity contribution in [3.8, 4) is 28.7 Å². The van der Waals surface area contributed by atoms with Gasteiger partial charge in [0.05, 0.1) is 34.1 Å². The average molecular weight is 572 g/mol. The molecule has 0 saturated heterocycles. The predicted molar refractivity (Wildman–Crippen MR) is 136 cm³/mol. The van der Waals surface area contributed by atoms with E-state index in [-0.39, 0.29) is 27.9 Å². The highest BCUT2D eigenvalue weighted by Crippen LogP contribution is 2.42. The molecule has 1 fully saturated rings. The SMILES string of the molecule is N#Cc1ccc2c(c1)[nH]c1c2c(=O)c2cc(OC(F)(F)F)c(-c3cncc(OS(=O)(=O)F)c3)cc2n1C1CCC1. The fourth-order valence-corrected chi connectivity index (χ4v) is 5.37. The fraction of sp³-hybridized carbons (Fsp3) is 0.192. The Labute approximate surface area is 222 Å². The van der Waals surface area contributed by atoms with Crippen LogP contribution >= 0.6 is 0 Å². The third-order valence-electron chi connectivity index (χ3n) is 6.86. The highest BCUT2D eigenvalue weighted by molar-refractivity contribution is 7.81. The normalized spacial score (nSPS) is 14.4. The molecule has 0 bridgehead atoms. The van der Waals surface area contributed by atoms with Gasteiger partial charge in [-0.25, -0.2) is 0 Å². The summed E-state index contributed by atoms with van der Waals surface area (Å²) in [6.45, 7) is 0. The number of nitrogens with one attached hydrogen (secondary N) is 1. The van der Waals surface area contributed by atoms with Crippen molar-refractivity contribution in [2.45, 2.75) is 31.7 Å². The van der Waals surface area contributed by atoms with Gasteiger partial charge in [0.15, 0.2) is 11.2 Å². The summed E-state index contributed by atoms with van der Waals surface area (Å²) in [5.74, 6) is -1.32. The molecule has 9 nitrogen and oxygen atoms in total. The van der Waals surface area contributed by atoms with E-state index in [1.165, 1.54) is 6.07 Å². The van der Waals surface area contributed by atoms with E-state index < -0.39 is 33.8 Å². The Morgan fingerprint density at radius 3 is 2.52 bits per heavy atom. The van der Waals surface area contributed by atoms with Crippen molar-refractivity contribution in [3.05, 3.63) is 64.6 Å². The lowest BCUT2D eigenvalue weighted by Crippen LogP contribution is -2.22. The van der Waals surface area contributed by atoms with Gasteiger partial charge in [-0.3, -0.25) is 9.78 Å². The summed E-state index contributed by atoms with van der Waals surface area (Å²) in [7, 11) is -5.43. The number of aromatic nitrogens is 3. The third-order valence-corrected chi connectivity index (χ3v) is 7.25. The summed E-state index contributed by atoms with van der Waals surface area (Å²) in [4.78, 5) is 20.8. The molecule has 1 aliphatic rings. The van der Waals surface area contributed by atoms with Gasteiger partial charge in [0.25, 0.3) is 0 Å². The van der Waals surface area contributed by atoms with E-state index in [0.29, 0.717) is 27.6 Å². The Bertz CT molecular complexity index is 2060. The molecule has 204 valence electrons. The first-order valence-electron chi connectivity index (χ1n) is 11.8. The molecule has 3 heterocycles. The Balaban J connectivity index is 1.70. The molecule has 0 radical (unpaired) electrons.